The van der Waals surface area contributed by atoms with Crippen LogP contribution in [0.4, 0.5) is 0 Å². The number of aryl methyl sites for hydroxylation is 1. The summed E-state index contributed by atoms with van der Waals surface area (Å²) >= 11 is 0. The lowest BCUT2D eigenvalue weighted by Crippen LogP contribution is -2.50. The van der Waals surface area contributed by atoms with Crippen LogP contribution in [0.15, 0.2) is 4.52 Å². The molecule has 3 rings (SSSR count). The van der Waals surface area contributed by atoms with Gasteiger partial charge in [0.25, 0.3) is 0 Å². The molecular weight excluding hydrogens is 304 g/mol. The van der Waals surface area contributed by atoms with E-state index in [1.807, 2.05) is 6.92 Å². The van der Waals surface area contributed by atoms with E-state index in [0.717, 1.165) is 32.4 Å². The normalized spacial score (nSPS) is 29.0. The number of sulfone groups is 1. The zero-order valence-corrected chi connectivity index (χ0v) is 13.8. The van der Waals surface area contributed by atoms with Gasteiger partial charge in [0.05, 0.1) is 18.1 Å². The first-order valence-electron chi connectivity index (χ1n) is 8.07. The first-order chi connectivity index (χ1) is 10.6. The Morgan fingerprint density at radius 2 is 2.05 bits per heavy atom. The molecule has 0 amide bonds. The van der Waals surface area contributed by atoms with Crippen LogP contribution in [-0.2, 0) is 22.8 Å². The third-order valence-electron chi connectivity index (χ3n) is 4.52. The Hall–Kier alpha value is -0.990. The first-order valence-corrected chi connectivity index (χ1v) is 9.89. The quantitative estimate of drug-likeness (QED) is 0.835. The predicted molar refractivity (Wildman–Crippen MR) is 82.2 cm³/mol. The molecule has 0 unspecified atom stereocenters. The van der Waals surface area contributed by atoms with Gasteiger partial charge in [-0.15, -0.1) is 0 Å². The van der Waals surface area contributed by atoms with Crippen molar-refractivity contribution >= 4 is 9.84 Å². The smallest absolute Gasteiger partial charge is 0.240 e. The van der Waals surface area contributed by atoms with Crippen molar-refractivity contribution < 1.29 is 12.9 Å². The molecule has 0 aliphatic carbocycles. The molecule has 7 nitrogen and oxygen atoms in total. The molecule has 22 heavy (non-hydrogen) atoms. The first kappa shape index (κ1) is 15.9. The minimum Gasteiger partial charge on any atom is -0.338 e. The average molecular weight is 328 g/mol. The molecule has 2 aliphatic rings. The summed E-state index contributed by atoms with van der Waals surface area (Å²) in [6, 6.07) is 0.0129. The van der Waals surface area contributed by atoms with Gasteiger partial charge in [-0.3, -0.25) is 4.90 Å². The van der Waals surface area contributed by atoms with E-state index in [2.05, 4.69) is 20.4 Å². The summed E-state index contributed by atoms with van der Waals surface area (Å²) in [6.45, 7) is 4.40. The average Bonchev–Trinajstić information content (AvgIpc) is 3.09. The molecule has 2 saturated heterocycles. The van der Waals surface area contributed by atoms with Crippen LogP contribution in [0, 0.1) is 0 Å². The van der Waals surface area contributed by atoms with Gasteiger partial charge in [0.2, 0.25) is 5.89 Å². The van der Waals surface area contributed by atoms with Gasteiger partial charge < -0.3 is 9.84 Å². The monoisotopic (exact) mass is 328 g/mol. The number of likely N-dealkylation sites (tertiary alicyclic amines) is 1. The summed E-state index contributed by atoms with van der Waals surface area (Å²) in [5.74, 6) is 1.67. The van der Waals surface area contributed by atoms with Gasteiger partial charge in [0, 0.05) is 18.5 Å². The van der Waals surface area contributed by atoms with Crippen LogP contribution in [0.2, 0.25) is 0 Å². The highest BCUT2D eigenvalue weighted by molar-refractivity contribution is 7.91. The lowest BCUT2D eigenvalue weighted by molar-refractivity contribution is 0.153. The van der Waals surface area contributed by atoms with Crippen molar-refractivity contribution in [3.05, 3.63) is 11.7 Å². The molecule has 0 radical (unpaired) electrons. The molecule has 2 fully saturated rings. The molecule has 8 heteroatoms. The van der Waals surface area contributed by atoms with Crippen LogP contribution in [-0.4, -0.2) is 60.1 Å². The zero-order chi connectivity index (χ0) is 15.6. The lowest BCUT2D eigenvalue weighted by Gasteiger charge is -2.34. The van der Waals surface area contributed by atoms with Crippen LogP contribution in [0.3, 0.4) is 0 Å². The molecule has 2 atom stereocenters. The number of hydrogen-bond acceptors (Lipinski definition) is 7. The highest BCUT2D eigenvalue weighted by Gasteiger charge is 2.41. The molecule has 1 N–H and O–H groups in total. The van der Waals surface area contributed by atoms with E-state index in [9.17, 15) is 8.42 Å². The number of aromatic nitrogens is 2. The Labute approximate surface area is 131 Å². The van der Waals surface area contributed by atoms with Crippen LogP contribution in [0.25, 0.3) is 0 Å². The molecule has 2 aliphatic heterocycles. The summed E-state index contributed by atoms with van der Waals surface area (Å²) < 4.78 is 29.2. The number of nitrogens with zero attached hydrogens (tertiary/aromatic N) is 3. The summed E-state index contributed by atoms with van der Waals surface area (Å²) in [5, 5.41) is 7.18. The predicted octanol–water partition coefficient (Wildman–Crippen LogP) is 0.373. The topological polar surface area (TPSA) is 88.3 Å². The van der Waals surface area contributed by atoms with Gasteiger partial charge in [0.15, 0.2) is 15.7 Å². The molecule has 0 spiro atoms. The molecule has 1 aromatic heterocycles. The minimum atomic E-state index is -2.97. The maximum Gasteiger partial charge on any atom is 0.240 e. The fourth-order valence-electron chi connectivity index (χ4n) is 3.36. The maximum atomic E-state index is 12.0. The van der Waals surface area contributed by atoms with Gasteiger partial charge in [-0.1, -0.05) is 18.5 Å². The van der Waals surface area contributed by atoms with Crippen molar-refractivity contribution in [2.45, 2.75) is 51.2 Å². The number of piperidine rings is 1. The Morgan fingerprint density at radius 3 is 2.73 bits per heavy atom. The zero-order valence-electron chi connectivity index (χ0n) is 13.0. The van der Waals surface area contributed by atoms with E-state index < -0.39 is 9.84 Å². The number of hydrogen-bond donors (Lipinski definition) is 1. The van der Waals surface area contributed by atoms with Gasteiger partial charge >= 0.3 is 0 Å². The van der Waals surface area contributed by atoms with Crippen LogP contribution in [0.1, 0.15) is 37.9 Å². The molecule has 1 aromatic rings. The molecular formula is C14H24N4O3S. The van der Waals surface area contributed by atoms with E-state index in [4.69, 9.17) is 4.52 Å². The second-order valence-electron chi connectivity index (χ2n) is 6.19. The summed E-state index contributed by atoms with van der Waals surface area (Å²) in [5.41, 5.74) is 0. The molecule has 0 bridgehead atoms. The fourth-order valence-corrected chi connectivity index (χ4v) is 5.34. The van der Waals surface area contributed by atoms with Gasteiger partial charge in [-0.05, 0) is 25.9 Å². The highest BCUT2D eigenvalue weighted by atomic mass is 32.2. The molecule has 3 heterocycles. The van der Waals surface area contributed by atoms with Crippen LogP contribution < -0.4 is 5.32 Å². The van der Waals surface area contributed by atoms with Crippen LogP contribution in [0.5, 0.6) is 0 Å². The third-order valence-corrected chi connectivity index (χ3v) is 6.24. The van der Waals surface area contributed by atoms with Crippen molar-refractivity contribution in [3.63, 3.8) is 0 Å². The Kier molecular flexibility index (Phi) is 4.79. The van der Waals surface area contributed by atoms with Gasteiger partial charge in [-0.25, -0.2) is 8.42 Å². The summed E-state index contributed by atoms with van der Waals surface area (Å²) in [4.78, 5) is 6.59. The van der Waals surface area contributed by atoms with Crippen molar-refractivity contribution in [3.8, 4) is 0 Å². The van der Waals surface area contributed by atoms with E-state index in [1.165, 1.54) is 6.42 Å². The van der Waals surface area contributed by atoms with E-state index in [-0.39, 0.29) is 23.6 Å². The molecule has 0 aromatic carbocycles. The van der Waals surface area contributed by atoms with Gasteiger partial charge in [-0.2, -0.15) is 4.98 Å². The summed E-state index contributed by atoms with van der Waals surface area (Å²) in [7, 11) is -2.97. The third kappa shape index (κ3) is 3.67. The van der Waals surface area contributed by atoms with Crippen molar-refractivity contribution in [1.29, 1.82) is 0 Å². The fraction of sp³-hybridized carbons (Fsp3) is 0.857. The largest absolute Gasteiger partial charge is 0.338 e. The van der Waals surface area contributed by atoms with Gasteiger partial charge in [0.1, 0.15) is 0 Å². The number of rotatable bonds is 5. The standard InChI is InChI=1S/C14H24N4O3S/c1-2-13-16-14(21-17-13)8-15-11-9-22(19,20)10-12(11)18-6-4-3-5-7-18/h11-12,15H,2-10H2,1H3/t11-,12-/m1/s1. The van der Waals surface area contributed by atoms with Crippen LogP contribution >= 0.6 is 0 Å². The van der Waals surface area contributed by atoms with E-state index in [1.54, 1.807) is 0 Å². The van der Waals surface area contributed by atoms with E-state index in [0.29, 0.717) is 18.3 Å². The second kappa shape index (κ2) is 6.64. The van der Waals surface area contributed by atoms with Crippen molar-refractivity contribution in [1.82, 2.24) is 20.4 Å². The summed E-state index contributed by atoms with van der Waals surface area (Å²) in [6.07, 6.45) is 4.30. The van der Waals surface area contributed by atoms with E-state index >= 15 is 0 Å². The minimum absolute atomic E-state index is 0.0555. The highest BCUT2D eigenvalue weighted by Crippen LogP contribution is 2.22. The van der Waals surface area contributed by atoms with Crippen molar-refractivity contribution in [2.75, 3.05) is 24.6 Å². The van der Waals surface area contributed by atoms with Crippen molar-refractivity contribution in [2.24, 2.45) is 0 Å². The molecule has 0 saturated carbocycles. The number of nitrogens with one attached hydrogen (secondary N) is 1. The molecule has 124 valence electrons. The maximum absolute atomic E-state index is 12.0. The Morgan fingerprint density at radius 1 is 1.27 bits per heavy atom. The Bertz CT molecular complexity index is 595. The Balaban J connectivity index is 1.64. The lowest BCUT2D eigenvalue weighted by atomic mass is 10.1. The SMILES string of the molecule is CCc1noc(CN[C@@H]2CS(=O)(=O)C[C@H]2N2CCCCC2)n1. The second-order valence-corrected chi connectivity index (χ2v) is 8.34.